The molecule has 8 heteroatoms. The quantitative estimate of drug-likeness (QED) is 0.221. The van der Waals surface area contributed by atoms with Gasteiger partial charge >= 0.3 is 16.1 Å². The zero-order chi connectivity index (χ0) is 11.4. The number of rotatable bonds is 5. The predicted molar refractivity (Wildman–Crippen MR) is 53.3 cm³/mol. The van der Waals surface area contributed by atoms with Gasteiger partial charge in [0.1, 0.15) is 0 Å². The number of carbonyl (C=O) groups is 1. The van der Waals surface area contributed by atoms with Gasteiger partial charge in [0, 0.05) is 0 Å². The van der Waals surface area contributed by atoms with Crippen LogP contribution in [0.25, 0.3) is 0 Å². The summed E-state index contributed by atoms with van der Waals surface area (Å²) in [6, 6.07) is 0. The van der Waals surface area contributed by atoms with Crippen LogP contribution in [-0.2, 0) is 19.6 Å². The van der Waals surface area contributed by atoms with Crippen molar-refractivity contribution in [2.24, 2.45) is 0 Å². The van der Waals surface area contributed by atoms with Crippen LogP contribution in [0.15, 0.2) is 0 Å². The van der Waals surface area contributed by atoms with Crippen LogP contribution in [0.2, 0.25) is 0 Å². The van der Waals surface area contributed by atoms with Crippen LogP contribution >= 0.6 is 12.6 Å². The van der Waals surface area contributed by atoms with E-state index in [4.69, 9.17) is 4.55 Å². The van der Waals surface area contributed by atoms with Gasteiger partial charge in [-0.05, 0) is 0 Å². The first-order valence-electron chi connectivity index (χ1n) is 3.70. The predicted octanol–water partition coefficient (Wildman–Crippen LogP) is -0.661. The Morgan fingerprint density at radius 2 is 2.00 bits per heavy atom. The lowest BCUT2D eigenvalue weighted by molar-refractivity contribution is -0.896. The van der Waals surface area contributed by atoms with Gasteiger partial charge in [0.05, 0.1) is 19.8 Å². The first kappa shape index (κ1) is 13.7. The molecule has 0 aliphatic rings. The fraction of sp³-hybridized carbons (Fsp3) is 0.833. The van der Waals surface area contributed by atoms with Gasteiger partial charge in [0.15, 0.2) is 0 Å². The fourth-order valence-corrected chi connectivity index (χ4v) is 1.82. The molecule has 0 spiro atoms. The second kappa shape index (κ2) is 4.96. The topological polar surface area (TPSA) is 80.7 Å². The van der Waals surface area contributed by atoms with Crippen molar-refractivity contribution in [3.8, 4) is 0 Å². The van der Waals surface area contributed by atoms with Gasteiger partial charge in [-0.2, -0.15) is 21.0 Å². The van der Waals surface area contributed by atoms with Crippen LogP contribution in [-0.4, -0.2) is 55.9 Å². The average molecular weight is 244 g/mol. The maximum atomic E-state index is 10.7. The number of hydrogen-bond acceptors (Lipinski definition) is 5. The second-order valence-electron chi connectivity index (χ2n) is 3.45. The molecular weight excluding hydrogens is 230 g/mol. The second-order valence-corrected chi connectivity index (χ2v) is 5.19. The third-order valence-electron chi connectivity index (χ3n) is 1.22. The average Bonchev–Trinajstić information content (AvgIpc) is 1.96. The summed E-state index contributed by atoms with van der Waals surface area (Å²) in [4.78, 5) is 10.7. The molecule has 0 radical (unpaired) electrons. The molecule has 0 aromatic carbocycles. The largest absolute Gasteiger partial charge is 0.414 e. The summed E-state index contributed by atoms with van der Waals surface area (Å²) in [6.07, 6.45) is 0. The summed E-state index contributed by atoms with van der Waals surface area (Å²) < 4.78 is 34.2. The number of esters is 1. The van der Waals surface area contributed by atoms with E-state index >= 15 is 0 Å². The molecule has 0 unspecified atom stereocenters. The molecule has 0 fully saturated rings. The molecule has 0 aliphatic carbocycles. The third-order valence-corrected chi connectivity index (χ3v) is 2.50. The molecule has 84 valence electrons. The molecular formula is C6H14NO5S2+. The number of nitrogens with zero attached hydrogens (tertiary/aromatic N) is 1. The number of carbonyl (C=O) groups excluding carboxylic acids is 1. The normalized spacial score (nSPS) is 12.6. The highest BCUT2D eigenvalue weighted by Crippen LogP contribution is 2.01. The molecule has 0 rings (SSSR count). The Kier molecular flexibility index (Phi) is 4.85. The maximum absolute atomic E-state index is 10.7. The first-order chi connectivity index (χ1) is 6.16. The molecule has 0 saturated carbocycles. The summed E-state index contributed by atoms with van der Waals surface area (Å²) in [5.41, 5.74) is 0. The molecule has 6 nitrogen and oxygen atoms in total. The molecule has 0 heterocycles. The van der Waals surface area contributed by atoms with Gasteiger partial charge in [-0.15, -0.1) is 0 Å². The highest BCUT2D eigenvalue weighted by Gasteiger charge is 2.24. The Balaban J connectivity index is 4.15. The van der Waals surface area contributed by atoms with E-state index in [0.717, 1.165) is 0 Å². The van der Waals surface area contributed by atoms with Crippen LogP contribution in [0.3, 0.4) is 0 Å². The Labute approximate surface area is 88.6 Å². The smallest absolute Gasteiger partial charge is 0.319 e. The molecule has 0 aromatic heterocycles. The highest BCUT2D eigenvalue weighted by atomic mass is 32.2. The van der Waals surface area contributed by atoms with Gasteiger partial charge in [-0.3, -0.25) is 13.8 Å². The van der Waals surface area contributed by atoms with E-state index in [1.165, 1.54) is 14.1 Å². The molecule has 1 N–H and O–H groups in total. The minimum Gasteiger partial charge on any atom is -0.414 e. The Morgan fingerprint density at radius 3 is 2.36 bits per heavy atom. The summed E-state index contributed by atoms with van der Waals surface area (Å²) in [5.74, 6) is -1.10. The van der Waals surface area contributed by atoms with Crippen molar-refractivity contribution >= 4 is 28.7 Å². The standard InChI is InChI=1S/C6H13NO5S2/c1-7(2,5-14(9,10)11)4-12-6(8)3-13/h3-5H2,1-2H3,(H-,9,10,11,13)/p+1. The molecule has 0 amide bonds. The zero-order valence-corrected chi connectivity index (χ0v) is 9.72. The Bertz CT molecular complexity index is 297. The monoisotopic (exact) mass is 244 g/mol. The van der Waals surface area contributed by atoms with Crippen LogP contribution in [0.5, 0.6) is 0 Å². The van der Waals surface area contributed by atoms with Gasteiger partial charge in [-0.1, -0.05) is 0 Å². The van der Waals surface area contributed by atoms with Gasteiger partial charge in [-0.25, -0.2) is 0 Å². The fourth-order valence-electron chi connectivity index (χ4n) is 0.771. The molecule has 0 aliphatic heterocycles. The number of hydrogen-bond donors (Lipinski definition) is 2. The van der Waals surface area contributed by atoms with Crippen molar-refractivity contribution in [3.63, 3.8) is 0 Å². The third kappa shape index (κ3) is 7.13. The first-order valence-corrected chi connectivity index (χ1v) is 5.94. The van der Waals surface area contributed by atoms with Gasteiger partial charge in [0.2, 0.25) is 12.6 Å². The number of quaternary nitrogens is 1. The van der Waals surface area contributed by atoms with E-state index < -0.39 is 22.0 Å². The van der Waals surface area contributed by atoms with E-state index in [1.54, 1.807) is 0 Å². The lowest BCUT2D eigenvalue weighted by Gasteiger charge is -2.26. The molecule has 0 atom stereocenters. The summed E-state index contributed by atoms with van der Waals surface area (Å²) in [6.45, 7) is -0.126. The van der Waals surface area contributed by atoms with Crippen molar-refractivity contribution in [2.75, 3.05) is 32.5 Å². The van der Waals surface area contributed by atoms with E-state index in [9.17, 15) is 13.2 Å². The van der Waals surface area contributed by atoms with Crippen molar-refractivity contribution < 1.29 is 27.0 Å². The van der Waals surface area contributed by atoms with Gasteiger partial charge < -0.3 is 4.74 Å². The van der Waals surface area contributed by atoms with Crippen LogP contribution in [0.1, 0.15) is 0 Å². The molecule has 0 aromatic rings. The van der Waals surface area contributed by atoms with E-state index in [0.29, 0.717) is 0 Å². The number of ether oxygens (including phenoxy) is 1. The minimum absolute atomic E-state index is 0.0636. The lowest BCUT2D eigenvalue weighted by atomic mass is 10.7. The maximum Gasteiger partial charge on any atom is 0.319 e. The van der Waals surface area contributed by atoms with Crippen molar-refractivity contribution in [1.82, 2.24) is 0 Å². The molecule has 0 bridgehead atoms. The summed E-state index contributed by atoms with van der Waals surface area (Å²) >= 11 is 3.68. The van der Waals surface area contributed by atoms with Crippen LogP contribution < -0.4 is 0 Å². The molecule has 0 saturated heterocycles. The summed E-state index contributed by atoms with van der Waals surface area (Å²) in [5, 5.41) is 0. The van der Waals surface area contributed by atoms with Gasteiger partial charge in [0.25, 0.3) is 0 Å². The van der Waals surface area contributed by atoms with E-state index in [2.05, 4.69) is 17.4 Å². The summed E-state index contributed by atoms with van der Waals surface area (Å²) in [7, 11) is -1.05. The lowest BCUT2D eigenvalue weighted by Crippen LogP contribution is -2.45. The zero-order valence-electron chi connectivity index (χ0n) is 8.00. The Morgan fingerprint density at radius 1 is 1.50 bits per heavy atom. The van der Waals surface area contributed by atoms with Crippen molar-refractivity contribution in [1.29, 1.82) is 0 Å². The minimum atomic E-state index is -4.07. The van der Waals surface area contributed by atoms with Crippen molar-refractivity contribution in [3.05, 3.63) is 0 Å². The molecule has 14 heavy (non-hydrogen) atoms. The number of thiol groups is 1. The highest BCUT2D eigenvalue weighted by molar-refractivity contribution is 7.85. The van der Waals surface area contributed by atoms with E-state index in [1.807, 2.05) is 0 Å². The Hall–Kier alpha value is -0.310. The SMILES string of the molecule is C[N+](C)(COC(=O)CS)CS(=O)(=O)O. The van der Waals surface area contributed by atoms with Crippen LogP contribution in [0.4, 0.5) is 0 Å². The van der Waals surface area contributed by atoms with E-state index in [-0.39, 0.29) is 17.0 Å². The van der Waals surface area contributed by atoms with Crippen LogP contribution in [0, 0.1) is 0 Å². The van der Waals surface area contributed by atoms with Crippen molar-refractivity contribution in [2.45, 2.75) is 0 Å².